The van der Waals surface area contributed by atoms with E-state index < -0.39 is 72.5 Å². The number of nitrogens with zero attached hydrogens (tertiary/aromatic N) is 3. The number of aromatic nitrogens is 2. The molecule has 0 bridgehead atoms. The Balaban J connectivity index is 1.98. The topological polar surface area (TPSA) is 148 Å². The van der Waals surface area contributed by atoms with Crippen LogP contribution in [-0.4, -0.2) is 57.9 Å². The lowest BCUT2D eigenvalue weighted by atomic mass is 10.1. The first kappa shape index (κ1) is 27.2. The van der Waals surface area contributed by atoms with Gasteiger partial charge in [-0.25, -0.2) is 31.7 Å². The predicted molar refractivity (Wildman–Crippen MR) is 116 cm³/mol. The summed E-state index contributed by atoms with van der Waals surface area (Å²) in [6.07, 6.45) is -6.53. The van der Waals surface area contributed by atoms with Crippen molar-refractivity contribution in [2.24, 2.45) is 7.05 Å². The second-order valence-electron chi connectivity index (χ2n) is 7.77. The minimum absolute atomic E-state index is 0.0355. The van der Waals surface area contributed by atoms with Gasteiger partial charge in [-0.3, -0.25) is 14.2 Å². The second kappa shape index (κ2) is 9.57. The number of carbonyl (C=O) groups is 2. The lowest BCUT2D eigenvalue weighted by Crippen LogP contribution is -2.46. The van der Waals surface area contributed by atoms with E-state index in [1.165, 1.54) is 0 Å². The van der Waals surface area contributed by atoms with Crippen LogP contribution in [0.1, 0.15) is 28.9 Å². The molecule has 2 aromatic rings. The van der Waals surface area contributed by atoms with Crippen LogP contribution in [0, 0.1) is 5.82 Å². The highest BCUT2D eigenvalue weighted by Crippen LogP contribution is 2.28. The first-order valence-corrected chi connectivity index (χ1v) is 11.9. The van der Waals surface area contributed by atoms with Gasteiger partial charge in [0.25, 0.3) is 11.5 Å². The molecule has 0 unspecified atom stereocenters. The SMILES string of the molecule is Cn1c(C(F)(F)F)cc(=O)n(-c2cc(C(=O)NS(=O)(=O)C3CCN(C(=O)O)CC3)c(Cl)cc2F)c1=O. The summed E-state index contributed by atoms with van der Waals surface area (Å²) in [6.45, 7) is -0.201. The highest BCUT2D eigenvalue weighted by Gasteiger charge is 2.36. The number of piperidine rings is 1. The summed E-state index contributed by atoms with van der Waals surface area (Å²) in [6, 6.07) is 1.11. The summed E-state index contributed by atoms with van der Waals surface area (Å²) >= 11 is 5.86. The fourth-order valence-corrected chi connectivity index (χ4v) is 5.23. The molecule has 2 N–H and O–H groups in total. The van der Waals surface area contributed by atoms with E-state index in [1.54, 1.807) is 4.72 Å². The van der Waals surface area contributed by atoms with Crippen molar-refractivity contribution >= 4 is 33.6 Å². The summed E-state index contributed by atoms with van der Waals surface area (Å²) in [5.41, 5.74) is -6.36. The van der Waals surface area contributed by atoms with Gasteiger partial charge in [0, 0.05) is 26.2 Å². The monoisotopic (exact) mass is 556 g/mol. The fraction of sp³-hybridized carbons (Fsp3) is 0.368. The van der Waals surface area contributed by atoms with Crippen molar-refractivity contribution in [2.75, 3.05) is 13.1 Å². The van der Waals surface area contributed by atoms with Gasteiger partial charge in [0.05, 0.1) is 21.5 Å². The van der Waals surface area contributed by atoms with Gasteiger partial charge >= 0.3 is 18.0 Å². The van der Waals surface area contributed by atoms with E-state index in [4.69, 9.17) is 16.7 Å². The Morgan fingerprint density at radius 3 is 2.25 bits per heavy atom. The van der Waals surface area contributed by atoms with E-state index in [1.807, 2.05) is 0 Å². The largest absolute Gasteiger partial charge is 0.465 e. The van der Waals surface area contributed by atoms with Gasteiger partial charge in [-0.1, -0.05) is 11.6 Å². The molecule has 0 radical (unpaired) electrons. The van der Waals surface area contributed by atoms with Crippen LogP contribution >= 0.6 is 11.6 Å². The van der Waals surface area contributed by atoms with Crippen LogP contribution in [0.5, 0.6) is 0 Å². The van der Waals surface area contributed by atoms with Gasteiger partial charge in [-0.2, -0.15) is 13.2 Å². The zero-order valence-electron chi connectivity index (χ0n) is 18.2. The Morgan fingerprint density at radius 2 is 1.72 bits per heavy atom. The molecule has 1 fully saturated rings. The van der Waals surface area contributed by atoms with Crippen LogP contribution in [0.4, 0.5) is 22.4 Å². The fourth-order valence-electron chi connectivity index (χ4n) is 3.63. The van der Waals surface area contributed by atoms with Crippen molar-refractivity contribution in [3.05, 3.63) is 61.1 Å². The average molecular weight is 557 g/mol. The summed E-state index contributed by atoms with van der Waals surface area (Å²) in [4.78, 5) is 49.4. The maximum atomic E-state index is 14.6. The van der Waals surface area contributed by atoms with Crippen LogP contribution in [0.3, 0.4) is 0 Å². The highest BCUT2D eigenvalue weighted by atomic mass is 35.5. The number of nitrogens with one attached hydrogen (secondary N) is 1. The van der Waals surface area contributed by atoms with E-state index in [9.17, 15) is 45.2 Å². The summed E-state index contributed by atoms with van der Waals surface area (Å²) < 4.78 is 80.9. The van der Waals surface area contributed by atoms with Gasteiger partial charge in [0.1, 0.15) is 11.5 Å². The van der Waals surface area contributed by atoms with Crippen molar-refractivity contribution in [1.29, 1.82) is 0 Å². The number of likely N-dealkylation sites (tertiary alicyclic amines) is 1. The van der Waals surface area contributed by atoms with Gasteiger partial charge in [0.15, 0.2) is 0 Å². The molecule has 17 heteroatoms. The number of hydrogen-bond acceptors (Lipinski definition) is 6. The average Bonchev–Trinajstić information content (AvgIpc) is 2.76. The quantitative estimate of drug-likeness (QED) is 0.543. The number of halogens is 5. The molecule has 0 aliphatic carbocycles. The van der Waals surface area contributed by atoms with Crippen LogP contribution in [0.25, 0.3) is 5.69 Å². The smallest absolute Gasteiger partial charge is 0.431 e. The standard InChI is InChI=1S/C19H17ClF4N4O7S/c1-26-14(19(22,23)24)8-15(29)28(17(26)31)13-6-10(11(20)7-12(13)21)16(30)25-36(34,35)9-2-4-27(5-3-9)18(32)33/h6-9H,2-5H2,1H3,(H,25,30)(H,32,33). The molecular formula is C19H17ClF4N4O7S. The van der Waals surface area contributed by atoms with Gasteiger partial charge in [-0.15, -0.1) is 0 Å². The molecule has 0 spiro atoms. The molecule has 36 heavy (non-hydrogen) atoms. The van der Waals surface area contributed by atoms with E-state index in [2.05, 4.69) is 0 Å². The van der Waals surface area contributed by atoms with E-state index in [0.29, 0.717) is 19.2 Å². The number of rotatable bonds is 4. The van der Waals surface area contributed by atoms with Crippen molar-refractivity contribution in [2.45, 2.75) is 24.3 Å². The maximum Gasteiger partial charge on any atom is 0.431 e. The molecule has 2 amide bonds. The van der Waals surface area contributed by atoms with Crippen LogP contribution in [0.15, 0.2) is 27.8 Å². The third-order valence-corrected chi connectivity index (χ3v) is 7.65. The molecule has 196 valence electrons. The third-order valence-electron chi connectivity index (χ3n) is 5.52. The number of sulfonamides is 1. The minimum atomic E-state index is -5.06. The molecule has 1 saturated heterocycles. The second-order valence-corrected chi connectivity index (χ2v) is 10.1. The minimum Gasteiger partial charge on any atom is -0.465 e. The molecular weight excluding hydrogens is 540 g/mol. The number of carboxylic acid groups (broad SMARTS) is 1. The van der Waals surface area contributed by atoms with Crippen molar-refractivity contribution < 1.29 is 40.7 Å². The highest BCUT2D eigenvalue weighted by molar-refractivity contribution is 7.90. The summed E-state index contributed by atoms with van der Waals surface area (Å²) in [5, 5.41) is 7.21. The van der Waals surface area contributed by atoms with E-state index >= 15 is 0 Å². The molecule has 2 heterocycles. The normalized spacial score (nSPS) is 15.1. The van der Waals surface area contributed by atoms with Gasteiger partial charge in [0.2, 0.25) is 10.0 Å². The maximum absolute atomic E-state index is 14.6. The number of carbonyl (C=O) groups excluding carboxylic acids is 1. The Morgan fingerprint density at radius 1 is 1.14 bits per heavy atom. The lowest BCUT2D eigenvalue weighted by molar-refractivity contribution is -0.144. The molecule has 3 rings (SSSR count). The van der Waals surface area contributed by atoms with Gasteiger partial charge < -0.3 is 10.0 Å². The third kappa shape index (κ3) is 5.23. The Bertz CT molecular complexity index is 1460. The number of benzene rings is 1. The molecule has 0 atom stereocenters. The van der Waals surface area contributed by atoms with Crippen molar-refractivity contribution in [3.8, 4) is 5.69 Å². The van der Waals surface area contributed by atoms with Crippen LogP contribution < -0.4 is 16.0 Å². The van der Waals surface area contributed by atoms with Crippen molar-refractivity contribution in [1.82, 2.24) is 18.8 Å². The molecule has 1 aliphatic heterocycles. The molecule has 1 aromatic carbocycles. The molecule has 0 saturated carbocycles. The van der Waals surface area contributed by atoms with Crippen molar-refractivity contribution in [3.63, 3.8) is 0 Å². The molecule has 1 aliphatic rings. The molecule has 1 aromatic heterocycles. The van der Waals surface area contributed by atoms with Gasteiger partial charge in [-0.05, 0) is 25.0 Å². The van der Waals surface area contributed by atoms with E-state index in [0.717, 1.165) is 4.90 Å². The first-order valence-electron chi connectivity index (χ1n) is 9.98. The Labute approximate surface area is 204 Å². The zero-order valence-corrected chi connectivity index (χ0v) is 19.7. The zero-order chi connectivity index (χ0) is 27.2. The van der Waals surface area contributed by atoms with Crippen LogP contribution in [0.2, 0.25) is 5.02 Å². The summed E-state index contributed by atoms with van der Waals surface area (Å²) in [5.74, 6) is -2.71. The lowest BCUT2D eigenvalue weighted by Gasteiger charge is -2.29. The van der Waals surface area contributed by atoms with Crippen LogP contribution in [-0.2, 0) is 23.2 Å². The summed E-state index contributed by atoms with van der Waals surface area (Å²) in [7, 11) is -3.66. The molecule has 11 nitrogen and oxygen atoms in total. The number of hydrogen-bond donors (Lipinski definition) is 2. The Kier molecular flexibility index (Phi) is 7.23. The first-order chi connectivity index (χ1) is 16.5. The van der Waals surface area contributed by atoms with E-state index in [-0.39, 0.29) is 41.1 Å². The number of amides is 2. The predicted octanol–water partition coefficient (Wildman–Crippen LogP) is 1.55. The number of alkyl halides is 3. The Hall–Kier alpha value is -3.40.